The summed E-state index contributed by atoms with van der Waals surface area (Å²) in [5.41, 5.74) is 0.793. The van der Waals surface area contributed by atoms with Crippen molar-refractivity contribution >= 4 is 35.1 Å². The van der Waals surface area contributed by atoms with Crippen molar-refractivity contribution in [1.29, 1.82) is 0 Å². The SMILES string of the molecule is COc1ccc(NC(=O)c2ccnc(N3CCN(C(C)=O)CC3)n2)cc1Cl. The highest BCUT2D eigenvalue weighted by molar-refractivity contribution is 6.32. The van der Waals surface area contributed by atoms with Gasteiger partial charge in [0.05, 0.1) is 12.1 Å². The molecule has 2 heterocycles. The van der Waals surface area contributed by atoms with Gasteiger partial charge in [-0.25, -0.2) is 9.97 Å². The fourth-order valence-electron chi connectivity index (χ4n) is 2.79. The summed E-state index contributed by atoms with van der Waals surface area (Å²) >= 11 is 6.08. The average Bonchev–Trinajstić information content (AvgIpc) is 2.68. The third-order valence-electron chi connectivity index (χ3n) is 4.29. The molecule has 1 aromatic carbocycles. The fraction of sp³-hybridized carbons (Fsp3) is 0.333. The number of benzene rings is 1. The van der Waals surface area contributed by atoms with Gasteiger partial charge < -0.3 is 19.9 Å². The molecule has 1 saturated heterocycles. The molecule has 2 amide bonds. The van der Waals surface area contributed by atoms with E-state index in [1.54, 1.807) is 42.3 Å². The number of hydrogen-bond acceptors (Lipinski definition) is 6. The number of hydrogen-bond donors (Lipinski definition) is 1. The van der Waals surface area contributed by atoms with E-state index in [9.17, 15) is 9.59 Å². The molecule has 0 aliphatic carbocycles. The minimum absolute atomic E-state index is 0.0573. The Morgan fingerprint density at radius 2 is 1.93 bits per heavy atom. The first-order valence-corrected chi connectivity index (χ1v) is 8.84. The van der Waals surface area contributed by atoms with E-state index in [0.717, 1.165) is 0 Å². The molecule has 0 unspecified atom stereocenters. The van der Waals surface area contributed by atoms with E-state index in [1.807, 2.05) is 4.90 Å². The number of aromatic nitrogens is 2. The van der Waals surface area contributed by atoms with Crippen LogP contribution in [0.2, 0.25) is 5.02 Å². The van der Waals surface area contributed by atoms with Crippen molar-refractivity contribution in [2.24, 2.45) is 0 Å². The zero-order chi connectivity index (χ0) is 19.4. The van der Waals surface area contributed by atoms with Gasteiger partial charge in [-0.1, -0.05) is 11.6 Å². The van der Waals surface area contributed by atoms with Crippen LogP contribution in [0, 0.1) is 0 Å². The minimum Gasteiger partial charge on any atom is -0.495 e. The number of nitrogens with zero attached hydrogens (tertiary/aromatic N) is 4. The lowest BCUT2D eigenvalue weighted by Gasteiger charge is -2.34. The number of nitrogens with one attached hydrogen (secondary N) is 1. The van der Waals surface area contributed by atoms with Crippen LogP contribution in [-0.4, -0.2) is 60.0 Å². The maximum absolute atomic E-state index is 12.5. The maximum atomic E-state index is 12.5. The average molecular weight is 390 g/mol. The first-order chi connectivity index (χ1) is 13.0. The van der Waals surface area contributed by atoms with E-state index >= 15 is 0 Å². The Labute approximate surface area is 162 Å². The van der Waals surface area contributed by atoms with Crippen molar-refractivity contribution < 1.29 is 14.3 Å². The molecule has 1 aromatic heterocycles. The van der Waals surface area contributed by atoms with Crippen LogP contribution in [0.3, 0.4) is 0 Å². The summed E-state index contributed by atoms with van der Waals surface area (Å²) in [6.07, 6.45) is 1.55. The molecule has 1 N–H and O–H groups in total. The van der Waals surface area contributed by atoms with Gasteiger partial charge in [0.25, 0.3) is 5.91 Å². The predicted molar refractivity (Wildman–Crippen MR) is 102 cm³/mol. The highest BCUT2D eigenvalue weighted by Gasteiger charge is 2.21. The van der Waals surface area contributed by atoms with Crippen LogP contribution in [0.4, 0.5) is 11.6 Å². The Hall–Kier alpha value is -2.87. The monoisotopic (exact) mass is 389 g/mol. The highest BCUT2D eigenvalue weighted by atomic mass is 35.5. The summed E-state index contributed by atoms with van der Waals surface area (Å²) < 4.78 is 5.10. The first-order valence-electron chi connectivity index (χ1n) is 8.46. The Balaban J connectivity index is 1.69. The summed E-state index contributed by atoms with van der Waals surface area (Å²) in [6, 6.07) is 6.54. The Morgan fingerprint density at radius 3 is 2.56 bits per heavy atom. The van der Waals surface area contributed by atoms with E-state index in [1.165, 1.54) is 7.11 Å². The summed E-state index contributed by atoms with van der Waals surface area (Å²) in [6.45, 7) is 4.03. The third kappa shape index (κ3) is 4.46. The van der Waals surface area contributed by atoms with Crippen molar-refractivity contribution in [3.8, 4) is 5.75 Å². The second-order valence-electron chi connectivity index (χ2n) is 6.04. The zero-order valence-electron chi connectivity index (χ0n) is 15.1. The van der Waals surface area contributed by atoms with Gasteiger partial charge in [0.2, 0.25) is 11.9 Å². The number of anilines is 2. The van der Waals surface area contributed by atoms with Crippen LogP contribution in [0.15, 0.2) is 30.5 Å². The molecule has 0 spiro atoms. The van der Waals surface area contributed by atoms with Gasteiger partial charge in [0.1, 0.15) is 11.4 Å². The van der Waals surface area contributed by atoms with E-state index < -0.39 is 0 Å². The van der Waals surface area contributed by atoms with Crippen LogP contribution in [0.5, 0.6) is 5.75 Å². The standard InChI is InChI=1S/C18H20ClN5O3/c1-12(25)23-7-9-24(10-8-23)18-20-6-5-15(22-18)17(26)21-13-3-4-16(27-2)14(19)11-13/h3-6,11H,7-10H2,1-2H3,(H,21,26). The van der Waals surface area contributed by atoms with Gasteiger partial charge >= 0.3 is 0 Å². The predicted octanol–water partition coefficient (Wildman–Crippen LogP) is 2.06. The van der Waals surface area contributed by atoms with Gasteiger partial charge in [0, 0.05) is 45.0 Å². The molecule has 9 heteroatoms. The van der Waals surface area contributed by atoms with Crippen molar-refractivity contribution in [3.05, 3.63) is 41.2 Å². The van der Waals surface area contributed by atoms with Crippen molar-refractivity contribution in [2.75, 3.05) is 43.5 Å². The number of rotatable bonds is 4. The molecule has 8 nitrogen and oxygen atoms in total. The van der Waals surface area contributed by atoms with Gasteiger partial charge in [-0.2, -0.15) is 0 Å². The van der Waals surface area contributed by atoms with Crippen LogP contribution < -0.4 is 15.0 Å². The number of piperazine rings is 1. The molecule has 0 saturated carbocycles. The lowest BCUT2D eigenvalue weighted by atomic mass is 10.3. The van der Waals surface area contributed by atoms with Crippen molar-refractivity contribution in [1.82, 2.24) is 14.9 Å². The molecule has 1 aliphatic rings. The quantitative estimate of drug-likeness (QED) is 0.861. The molecule has 1 fully saturated rings. The number of amides is 2. The molecule has 0 bridgehead atoms. The van der Waals surface area contributed by atoms with Crippen LogP contribution in [0.1, 0.15) is 17.4 Å². The van der Waals surface area contributed by atoms with Crippen molar-refractivity contribution in [3.63, 3.8) is 0 Å². The molecular formula is C18H20ClN5O3. The number of carbonyl (C=O) groups is 2. The Morgan fingerprint density at radius 1 is 1.19 bits per heavy atom. The molecule has 2 aromatic rings. The zero-order valence-corrected chi connectivity index (χ0v) is 15.9. The molecular weight excluding hydrogens is 370 g/mol. The summed E-state index contributed by atoms with van der Waals surface area (Å²) in [4.78, 5) is 36.3. The van der Waals surface area contributed by atoms with Crippen LogP contribution in [-0.2, 0) is 4.79 Å². The number of methoxy groups -OCH3 is 1. The summed E-state index contributed by atoms with van der Waals surface area (Å²) in [5.74, 6) is 0.700. The minimum atomic E-state index is -0.359. The van der Waals surface area contributed by atoms with Gasteiger partial charge in [0.15, 0.2) is 0 Å². The van der Waals surface area contributed by atoms with Gasteiger partial charge in [-0.05, 0) is 24.3 Å². The largest absolute Gasteiger partial charge is 0.495 e. The number of carbonyl (C=O) groups excluding carboxylic acids is 2. The summed E-state index contributed by atoms with van der Waals surface area (Å²) in [7, 11) is 1.53. The van der Waals surface area contributed by atoms with Crippen LogP contribution >= 0.6 is 11.6 Å². The van der Waals surface area contributed by atoms with E-state index in [-0.39, 0.29) is 17.5 Å². The number of halogens is 1. The second kappa shape index (κ2) is 8.22. The maximum Gasteiger partial charge on any atom is 0.274 e. The summed E-state index contributed by atoms with van der Waals surface area (Å²) in [5, 5.41) is 3.17. The number of ether oxygens (including phenoxy) is 1. The molecule has 1 aliphatic heterocycles. The van der Waals surface area contributed by atoms with E-state index in [0.29, 0.717) is 48.6 Å². The molecule has 142 valence electrons. The van der Waals surface area contributed by atoms with Gasteiger partial charge in [-0.3, -0.25) is 9.59 Å². The normalized spacial score (nSPS) is 14.0. The molecule has 3 rings (SSSR count). The van der Waals surface area contributed by atoms with Crippen molar-refractivity contribution in [2.45, 2.75) is 6.92 Å². The molecule has 0 radical (unpaired) electrons. The Bertz CT molecular complexity index is 853. The first kappa shape index (κ1) is 18.9. The highest BCUT2D eigenvalue weighted by Crippen LogP contribution is 2.27. The lowest BCUT2D eigenvalue weighted by Crippen LogP contribution is -2.48. The fourth-order valence-corrected chi connectivity index (χ4v) is 3.05. The van der Waals surface area contributed by atoms with Gasteiger partial charge in [-0.15, -0.1) is 0 Å². The lowest BCUT2D eigenvalue weighted by molar-refractivity contribution is -0.129. The second-order valence-corrected chi connectivity index (χ2v) is 6.45. The van der Waals surface area contributed by atoms with E-state index in [2.05, 4.69) is 15.3 Å². The van der Waals surface area contributed by atoms with E-state index in [4.69, 9.17) is 16.3 Å². The molecule has 0 atom stereocenters. The van der Waals surface area contributed by atoms with Crippen LogP contribution in [0.25, 0.3) is 0 Å². The smallest absolute Gasteiger partial charge is 0.274 e. The Kier molecular flexibility index (Phi) is 5.75. The third-order valence-corrected chi connectivity index (χ3v) is 4.59. The molecule has 27 heavy (non-hydrogen) atoms. The topological polar surface area (TPSA) is 87.7 Å².